The van der Waals surface area contributed by atoms with E-state index in [0.29, 0.717) is 10.4 Å². The predicted molar refractivity (Wildman–Crippen MR) is 67.6 cm³/mol. The maximum absolute atomic E-state index is 13.6. The largest absolute Gasteiger partial charge is 0.480 e. The zero-order valence-electron chi connectivity index (χ0n) is 11.2. The van der Waals surface area contributed by atoms with Crippen LogP contribution in [0.3, 0.4) is 0 Å². The number of aliphatic carboxylic acids is 1. The molecule has 20 heavy (non-hydrogen) atoms. The van der Waals surface area contributed by atoms with E-state index < -0.39 is 38.1 Å². The second-order valence-electron chi connectivity index (χ2n) is 4.61. The van der Waals surface area contributed by atoms with E-state index in [0.717, 1.165) is 12.1 Å². The lowest BCUT2D eigenvalue weighted by Gasteiger charge is -2.33. The Kier molecular flexibility index (Phi) is 4.50. The monoisotopic (exact) mass is 307 g/mol. The molecule has 0 fully saturated rings. The number of sulfonamides is 1. The van der Waals surface area contributed by atoms with Crippen LogP contribution < -0.4 is 0 Å². The molecule has 0 aliphatic carbocycles. The number of rotatable bonds is 5. The van der Waals surface area contributed by atoms with Gasteiger partial charge in [0.2, 0.25) is 10.0 Å². The van der Waals surface area contributed by atoms with Crippen molar-refractivity contribution < 1.29 is 27.1 Å². The Hall–Kier alpha value is -1.54. The van der Waals surface area contributed by atoms with E-state index in [-0.39, 0.29) is 6.54 Å². The Balaban J connectivity index is 3.44. The highest BCUT2D eigenvalue weighted by Crippen LogP contribution is 2.26. The summed E-state index contributed by atoms with van der Waals surface area (Å²) in [5.74, 6) is -3.54. The summed E-state index contributed by atoms with van der Waals surface area (Å²) in [6.07, 6.45) is 0. The number of hydrogen-bond donors (Lipinski definition) is 1. The van der Waals surface area contributed by atoms with Gasteiger partial charge in [0, 0.05) is 12.6 Å². The first-order valence-electron chi connectivity index (χ1n) is 5.76. The van der Waals surface area contributed by atoms with Gasteiger partial charge in [0.05, 0.1) is 0 Å². The van der Waals surface area contributed by atoms with Crippen LogP contribution in [0.25, 0.3) is 0 Å². The predicted octanol–water partition coefficient (Wildman–Crippen LogP) is 1.84. The number of likely N-dealkylation sites (N-methyl/N-ethyl adjacent to an activating group) is 1. The molecular formula is C12H15F2NO4S. The molecule has 8 heteroatoms. The summed E-state index contributed by atoms with van der Waals surface area (Å²) in [7, 11) is -4.39. The second kappa shape index (κ2) is 5.45. The maximum Gasteiger partial charge on any atom is 0.324 e. The lowest BCUT2D eigenvalue weighted by atomic mass is 10.1. The van der Waals surface area contributed by atoms with Crippen molar-refractivity contribution in [3.05, 3.63) is 29.8 Å². The van der Waals surface area contributed by atoms with Gasteiger partial charge in [-0.2, -0.15) is 4.31 Å². The molecule has 1 N–H and O–H groups in total. The molecule has 1 rings (SSSR count). The fraction of sp³-hybridized carbons (Fsp3) is 0.417. The number of carboxylic acids is 1. The summed E-state index contributed by atoms with van der Waals surface area (Å²) >= 11 is 0. The summed E-state index contributed by atoms with van der Waals surface area (Å²) in [5, 5.41) is 9.11. The van der Waals surface area contributed by atoms with Crippen LogP contribution in [0.1, 0.15) is 20.8 Å². The summed E-state index contributed by atoms with van der Waals surface area (Å²) in [4.78, 5) is 10.4. The van der Waals surface area contributed by atoms with Gasteiger partial charge in [0.15, 0.2) is 0 Å². The van der Waals surface area contributed by atoms with Crippen LogP contribution in [0.2, 0.25) is 0 Å². The molecule has 0 atom stereocenters. The number of hydrogen-bond acceptors (Lipinski definition) is 3. The molecule has 1 aromatic rings. The van der Waals surface area contributed by atoms with Crippen LogP contribution in [0.15, 0.2) is 23.1 Å². The Morgan fingerprint density at radius 3 is 2.30 bits per heavy atom. The fourth-order valence-corrected chi connectivity index (χ4v) is 3.58. The fourth-order valence-electron chi connectivity index (χ4n) is 1.78. The van der Waals surface area contributed by atoms with Gasteiger partial charge >= 0.3 is 5.97 Å². The molecule has 5 nitrogen and oxygen atoms in total. The molecule has 0 saturated carbocycles. The van der Waals surface area contributed by atoms with Crippen molar-refractivity contribution >= 4 is 16.0 Å². The molecule has 0 amide bonds. The van der Waals surface area contributed by atoms with Crippen molar-refractivity contribution in [2.24, 2.45) is 0 Å². The van der Waals surface area contributed by atoms with Crippen molar-refractivity contribution in [1.29, 1.82) is 0 Å². The van der Waals surface area contributed by atoms with Crippen LogP contribution in [-0.2, 0) is 14.8 Å². The second-order valence-corrected chi connectivity index (χ2v) is 6.44. The smallest absolute Gasteiger partial charge is 0.324 e. The lowest BCUT2D eigenvalue weighted by Crippen LogP contribution is -2.52. The van der Waals surface area contributed by atoms with Gasteiger partial charge in [0.1, 0.15) is 22.1 Å². The molecule has 0 saturated heterocycles. The van der Waals surface area contributed by atoms with Gasteiger partial charge in [0.25, 0.3) is 0 Å². The van der Waals surface area contributed by atoms with Crippen LogP contribution in [-0.4, -0.2) is 35.9 Å². The van der Waals surface area contributed by atoms with E-state index in [1.807, 2.05) is 0 Å². The van der Waals surface area contributed by atoms with Crippen LogP contribution in [0, 0.1) is 11.6 Å². The van der Waals surface area contributed by atoms with E-state index in [1.54, 1.807) is 0 Å². The average Bonchev–Trinajstić information content (AvgIpc) is 2.27. The zero-order valence-corrected chi connectivity index (χ0v) is 12.0. The highest BCUT2D eigenvalue weighted by molar-refractivity contribution is 7.89. The number of benzene rings is 1. The number of carbonyl (C=O) groups is 1. The van der Waals surface area contributed by atoms with Gasteiger partial charge in [-0.15, -0.1) is 0 Å². The lowest BCUT2D eigenvalue weighted by molar-refractivity contribution is -0.146. The molecule has 0 aliphatic heterocycles. The topological polar surface area (TPSA) is 74.7 Å². The minimum absolute atomic E-state index is 0.168. The van der Waals surface area contributed by atoms with E-state index in [4.69, 9.17) is 5.11 Å². The molecule has 0 aliphatic rings. The zero-order chi connectivity index (χ0) is 15.7. The van der Waals surface area contributed by atoms with E-state index in [2.05, 4.69) is 0 Å². The summed E-state index contributed by atoms with van der Waals surface area (Å²) in [5.41, 5.74) is -1.76. The first kappa shape index (κ1) is 16.5. The van der Waals surface area contributed by atoms with Gasteiger partial charge in [-0.1, -0.05) is 6.92 Å². The maximum atomic E-state index is 13.6. The molecule has 0 spiro atoms. The normalized spacial score (nSPS) is 12.7. The number of halogens is 2. The Morgan fingerprint density at radius 1 is 1.35 bits per heavy atom. The van der Waals surface area contributed by atoms with E-state index >= 15 is 0 Å². The van der Waals surface area contributed by atoms with Crippen molar-refractivity contribution in [3.8, 4) is 0 Å². The van der Waals surface area contributed by atoms with Gasteiger partial charge in [-0.05, 0) is 26.0 Å². The van der Waals surface area contributed by atoms with Crippen LogP contribution in [0.5, 0.6) is 0 Å². The van der Waals surface area contributed by atoms with Gasteiger partial charge in [-0.25, -0.2) is 17.2 Å². The first-order valence-corrected chi connectivity index (χ1v) is 7.20. The summed E-state index contributed by atoms with van der Waals surface area (Å²) in [6, 6.07) is 2.02. The molecule has 112 valence electrons. The standard InChI is InChI=1S/C12H15F2NO4S/c1-4-15(12(2,3)11(16)17)20(18,19)10-6-5-8(13)7-9(10)14/h5-7H,4H2,1-3H3,(H,16,17). The van der Waals surface area contributed by atoms with Crippen LogP contribution in [0.4, 0.5) is 8.78 Å². The molecule has 0 heterocycles. The van der Waals surface area contributed by atoms with Gasteiger partial charge < -0.3 is 5.11 Å². The third-order valence-corrected chi connectivity index (χ3v) is 5.08. The molecule has 0 radical (unpaired) electrons. The van der Waals surface area contributed by atoms with Gasteiger partial charge in [-0.3, -0.25) is 4.79 Å². The van der Waals surface area contributed by atoms with Crippen molar-refractivity contribution in [3.63, 3.8) is 0 Å². The highest BCUT2D eigenvalue weighted by atomic mass is 32.2. The Bertz CT molecular complexity index is 628. The minimum atomic E-state index is -4.39. The summed E-state index contributed by atoms with van der Waals surface area (Å²) < 4.78 is 51.8. The quantitative estimate of drug-likeness (QED) is 0.900. The van der Waals surface area contributed by atoms with Crippen molar-refractivity contribution in [2.45, 2.75) is 31.2 Å². The molecule has 1 aromatic carbocycles. The summed E-state index contributed by atoms with van der Waals surface area (Å²) in [6.45, 7) is 3.65. The molecular weight excluding hydrogens is 292 g/mol. The van der Waals surface area contributed by atoms with E-state index in [1.165, 1.54) is 20.8 Å². The first-order chi connectivity index (χ1) is 9.05. The number of carboxylic acid groups (broad SMARTS) is 1. The van der Waals surface area contributed by atoms with Crippen LogP contribution >= 0.6 is 0 Å². The number of nitrogens with zero attached hydrogens (tertiary/aromatic N) is 1. The van der Waals surface area contributed by atoms with E-state index in [9.17, 15) is 22.0 Å². The third-order valence-electron chi connectivity index (χ3n) is 2.90. The average molecular weight is 307 g/mol. The molecule has 0 unspecified atom stereocenters. The van der Waals surface area contributed by atoms with Crippen molar-refractivity contribution in [1.82, 2.24) is 4.31 Å². The molecule has 0 aromatic heterocycles. The highest BCUT2D eigenvalue weighted by Gasteiger charge is 2.42. The van der Waals surface area contributed by atoms with Crippen molar-refractivity contribution in [2.75, 3.05) is 6.54 Å². The SMILES string of the molecule is CCN(C(C)(C)C(=O)O)S(=O)(=O)c1ccc(F)cc1F. The Morgan fingerprint density at radius 2 is 1.90 bits per heavy atom. The Labute approximate surface area is 115 Å². The molecule has 0 bridgehead atoms. The minimum Gasteiger partial charge on any atom is -0.480 e. The third kappa shape index (κ3) is 2.80.